The van der Waals surface area contributed by atoms with E-state index >= 15 is 0 Å². The highest BCUT2D eigenvalue weighted by Crippen LogP contribution is 2.21. The van der Waals surface area contributed by atoms with Crippen LogP contribution in [0.25, 0.3) is 0 Å². The number of hydrogen-bond acceptors (Lipinski definition) is 4. The molecule has 108 valence electrons. The lowest BCUT2D eigenvalue weighted by Crippen LogP contribution is -2.30. The van der Waals surface area contributed by atoms with Crippen molar-refractivity contribution in [2.75, 3.05) is 13.1 Å². The summed E-state index contributed by atoms with van der Waals surface area (Å²) in [4.78, 5) is 15.8. The Morgan fingerprint density at radius 3 is 2.75 bits per heavy atom. The zero-order valence-electron chi connectivity index (χ0n) is 11.4. The third-order valence-electron chi connectivity index (χ3n) is 2.75. The zero-order chi connectivity index (χ0) is 14.8. The molecule has 0 aromatic heterocycles. The quantitative estimate of drug-likeness (QED) is 0.847. The minimum absolute atomic E-state index is 0.0983. The lowest BCUT2D eigenvalue weighted by Gasteiger charge is -2.06. The van der Waals surface area contributed by atoms with Crippen LogP contribution in [-0.2, 0) is 14.8 Å². The minimum atomic E-state index is -3.54. The minimum Gasteiger partial charge on any atom is -0.354 e. The average Bonchev–Trinajstić information content (AvgIpc) is 2.66. The first-order valence-electron chi connectivity index (χ1n) is 6.33. The molecule has 2 rings (SSSR count). The van der Waals surface area contributed by atoms with E-state index in [2.05, 4.69) is 15.0 Å². The third-order valence-corrected chi connectivity index (χ3v) is 4.15. The topological polar surface area (TPSA) is 87.6 Å². The number of sulfonamides is 1. The lowest BCUT2D eigenvalue weighted by atomic mass is 10.2. The summed E-state index contributed by atoms with van der Waals surface area (Å²) >= 11 is 0. The first-order chi connectivity index (χ1) is 9.40. The van der Waals surface area contributed by atoms with Crippen LogP contribution in [0.2, 0.25) is 0 Å². The van der Waals surface area contributed by atoms with Gasteiger partial charge in [0, 0.05) is 12.1 Å². The van der Waals surface area contributed by atoms with Crippen LogP contribution in [0.1, 0.15) is 19.4 Å². The second kappa shape index (κ2) is 5.62. The number of nitrogens with one attached hydrogen (secondary N) is 2. The Labute approximate surface area is 118 Å². The molecule has 6 nitrogen and oxygen atoms in total. The third kappa shape index (κ3) is 3.16. The first kappa shape index (κ1) is 14.5. The first-order valence-corrected chi connectivity index (χ1v) is 7.82. The largest absolute Gasteiger partial charge is 0.354 e. The van der Waals surface area contributed by atoms with Crippen molar-refractivity contribution in [3.8, 4) is 0 Å². The number of fused-ring (bicyclic) bond motifs is 1. The molecule has 0 bridgehead atoms. The average molecular weight is 295 g/mol. The molecule has 1 amide bonds. The Morgan fingerprint density at radius 2 is 2.05 bits per heavy atom. The van der Waals surface area contributed by atoms with Crippen LogP contribution in [0.3, 0.4) is 0 Å². The number of nitrogens with zero attached hydrogens (tertiary/aromatic N) is 1. The molecule has 7 heteroatoms. The van der Waals surface area contributed by atoms with E-state index in [9.17, 15) is 13.2 Å². The van der Waals surface area contributed by atoms with Crippen LogP contribution in [0, 0.1) is 5.92 Å². The van der Waals surface area contributed by atoms with E-state index in [1.54, 1.807) is 18.2 Å². The van der Waals surface area contributed by atoms with Gasteiger partial charge in [0.15, 0.2) is 0 Å². The molecule has 0 spiro atoms. The predicted octanol–water partition coefficient (Wildman–Crippen LogP) is 0.497. The second-order valence-corrected chi connectivity index (χ2v) is 6.62. The summed E-state index contributed by atoms with van der Waals surface area (Å²) in [5.74, 6) is 0.354. The van der Waals surface area contributed by atoms with E-state index in [1.165, 1.54) is 6.07 Å². The van der Waals surface area contributed by atoms with E-state index in [4.69, 9.17) is 0 Å². The summed E-state index contributed by atoms with van der Waals surface area (Å²) in [6.45, 7) is 4.46. The molecule has 0 atom stereocenters. The summed E-state index contributed by atoms with van der Waals surface area (Å²) in [5.41, 5.74) is 0.504. The van der Waals surface area contributed by atoms with E-state index in [-0.39, 0.29) is 23.2 Å². The van der Waals surface area contributed by atoms with Gasteiger partial charge >= 0.3 is 0 Å². The fourth-order valence-corrected chi connectivity index (χ4v) is 3.03. The maximum Gasteiger partial charge on any atom is 0.263 e. The van der Waals surface area contributed by atoms with Gasteiger partial charge in [-0.15, -0.1) is 0 Å². The summed E-state index contributed by atoms with van der Waals surface area (Å²) in [6.07, 6.45) is 0. The molecule has 2 N–H and O–H groups in total. The van der Waals surface area contributed by atoms with E-state index in [0.29, 0.717) is 18.0 Å². The normalized spacial score (nSPS) is 17.9. The van der Waals surface area contributed by atoms with Gasteiger partial charge in [-0.1, -0.05) is 26.0 Å². The number of amidine groups is 1. The number of benzene rings is 1. The van der Waals surface area contributed by atoms with Crippen molar-refractivity contribution in [2.45, 2.75) is 18.7 Å². The Bertz CT molecular complexity index is 651. The molecule has 0 saturated heterocycles. The maximum absolute atomic E-state index is 11.8. The summed E-state index contributed by atoms with van der Waals surface area (Å²) < 4.78 is 26.0. The van der Waals surface area contributed by atoms with Crippen molar-refractivity contribution < 1.29 is 13.2 Å². The summed E-state index contributed by atoms with van der Waals surface area (Å²) in [5, 5.41) is 2.73. The summed E-state index contributed by atoms with van der Waals surface area (Å²) in [6, 6.07) is 6.56. The van der Waals surface area contributed by atoms with Gasteiger partial charge in [-0.3, -0.25) is 14.5 Å². The molecule has 1 aliphatic heterocycles. The number of carbonyl (C=O) groups excluding carboxylic acids is 1. The highest BCUT2D eigenvalue weighted by molar-refractivity contribution is 7.90. The molecule has 20 heavy (non-hydrogen) atoms. The fraction of sp³-hybridized carbons (Fsp3) is 0.385. The number of carbonyl (C=O) groups is 1. The van der Waals surface area contributed by atoms with Crippen molar-refractivity contribution >= 4 is 21.8 Å². The van der Waals surface area contributed by atoms with Gasteiger partial charge in [0.2, 0.25) is 5.91 Å². The highest BCUT2D eigenvalue weighted by Gasteiger charge is 2.30. The SMILES string of the molecule is CC(C)CNC(=O)CN=C1NS(=O)(=O)c2ccccc21. The Hall–Kier alpha value is -1.89. The fourth-order valence-electron chi connectivity index (χ4n) is 1.78. The predicted molar refractivity (Wildman–Crippen MR) is 76.0 cm³/mol. The molecule has 1 heterocycles. The molecule has 1 aromatic carbocycles. The van der Waals surface area contributed by atoms with E-state index in [1.807, 2.05) is 13.8 Å². The Balaban J connectivity index is 2.12. The molecule has 0 saturated carbocycles. The molecular weight excluding hydrogens is 278 g/mol. The van der Waals surface area contributed by atoms with Crippen molar-refractivity contribution in [2.24, 2.45) is 10.9 Å². The highest BCUT2D eigenvalue weighted by atomic mass is 32.2. The Kier molecular flexibility index (Phi) is 4.08. The molecule has 1 aromatic rings. The van der Waals surface area contributed by atoms with Crippen LogP contribution in [0.4, 0.5) is 0 Å². The molecule has 0 aliphatic carbocycles. The van der Waals surface area contributed by atoms with Crippen molar-refractivity contribution in [1.29, 1.82) is 0 Å². The maximum atomic E-state index is 11.8. The lowest BCUT2D eigenvalue weighted by molar-refractivity contribution is -0.119. The number of aliphatic imine (C=N–C) groups is 1. The van der Waals surface area contributed by atoms with Gasteiger partial charge < -0.3 is 5.32 Å². The van der Waals surface area contributed by atoms with Gasteiger partial charge in [-0.25, -0.2) is 8.42 Å². The monoisotopic (exact) mass is 295 g/mol. The van der Waals surface area contributed by atoms with E-state index in [0.717, 1.165) is 0 Å². The summed E-state index contributed by atoms with van der Waals surface area (Å²) in [7, 11) is -3.54. The standard InChI is InChI=1S/C13H17N3O3S/c1-9(2)7-14-12(17)8-15-13-10-5-3-4-6-11(10)20(18,19)16-13/h3-6,9H,7-8H2,1-2H3,(H,14,17)(H,15,16). The van der Waals surface area contributed by atoms with Crippen LogP contribution in [0.15, 0.2) is 34.2 Å². The zero-order valence-corrected chi connectivity index (χ0v) is 12.2. The van der Waals surface area contributed by atoms with Gasteiger partial charge in [-0.05, 0) is 18.1 Å². The van der Waals surface area contributed by atoms with Crippen molar-refractivity contribution in [3.05, 3.63) is 29.8 Å². The molecule has 0 fully saturated rings. The van der Waals surface area contributed by atoms with Gasteiger partial charge in [0.05, 0.1) is 4.90 Å². The number of rotatable bonds is 4. The van der Waals surface area contributed by atoms with Crippen molar-refractivity contribution in [3.63, 3.8) is 0 Å². The smallest absolute Gasteiger partial charge is 0.263 e. The second-order valence-electron chi connectivity index (χ2n) is 4.96. The van der Waals surface area contributed by atoms with Crippen LogP contribution in [-0.4, -0.2) is 33.3 Å². The van der Waals surface area contributed by atoms with Crippen LogP contribution >= 0.6 is 0 Å². The molecule has 0 radical (unpaired) electrons. The van der Waals surface area contributed by atoms with Gasteiger partial charge in [-0.2, -0.15) is 0 Å². The van der Waals surface area contributed by atoms with Crippen LogP contribution in [0.5, 0.6) is 0 Å². The van der Waals surface area contributed by atoms with Gasteiger partial charge in [0.1, 0.15) is 12.4 Å². The number of hydrogen-bond donors (Lipinski definition) is 2. The molecular formula is C13H17N3O3S. The molecule has 0 unspecified atom stereocenters. The Morgan fingerprint density at radius 1 is 1.35 bits per heavy atom. The van der Waals surface area contributed by atoms with Gasteiger partial charge in [0.25, 0.3) is 10.0 Å². The van der Waals surface area contributed by atoms with Crippen LogP contribution < -0.4 is 10.0 Å². The van der Waals surface area contributed by atoms with Crippen molar-refractivity contribution in [1.82, 2.24) is 10.0 Å². The van der Waals surface area contributed by atoms with E-state index < -0.39 is 10.0 Å². The number of amides is 1. The molecule has 1 aliphatic rings.